The molecule has 0 saturated carbocycles. The molecule has 4 rings (SSSR count). The van der Waals surface area contributed by atoms with Crippen LogP contribution in [0.4, 0.5) is 4.39 Å². The highest BCUT2D eigenvalue weighted by Gasteiger charge is 2.16. The molecule has 2 aromatic heterocycles. The molecule has 1 atom stereocenters. The fraction of sp³-hybridized carbons (Fsp3) is 0.217. The molecule has 5 nitrogen and oxygen atoms in total. The van der Waals surface area contributed by atoms with Gasteiger partial charge in [-0.2, -0.15) is 0 Å². The van der Waals surface area contributed by atoms with Gasteiger partial charge in [-0.15, -0.1) is 11.3 Å². The number of halogens is 1. The number of aliphatic hydroxyl groups excluding tert-OH is 1. The SMILES string of the molecule is Cc1ccc(OCC(O)Cn2cnc3scc(-c4ccc(F)cc4)c3c2=O)c(C)c1. The van der Waals surface area contributed by atoms with Gasteiger partial charge in [0.2, 0.25) is 0 Å². The van der Waals surface area contributed by atoms with Gasteiger partial charge in [-0.05, 0) is 43.2 Å². The minimum Gasteiger partial charge on any atom is -0.491 e. The number of hydrogen-bond acceptors (Lipinski definition) is 5. The third-order valence-corrected chi connectivity index (χ3v) is 5.77. The molecule has 7 heteroatoms. The Kier molecular flexibility index (Phi) is 5.65. The molecule has 2 heterocycles. The fourth-order valence-corrected chi connectivity index (χ4v) is 4.27. The summed E-state index contributed by atoms with van der Waals surface area (Å²) in [6, 6.07) is 11.8. The number of rotatable bonds is 6. The van der Waals surface area contributed by atoms with Crippen LogP contribution in [0.15, 0.2) is 59.0 Å². The molecule has 30 heavy (non-hydrogen) atoms. The minimum absolute atomic E-state index is 0.0584. The van der Waals surface area contributed by atoms with Crippen molar-refractivity contribution in [3.8, 4) is 16.9 Å². The van der Waals surface area contributed by atoms with Gasteiger partial charge in [0, 0.05) is 10.9 Å². The first-order chi connectivity index (χ1) is 14.4. The summed E-state index contributed by atoms with van der Waals surface area (Å²) >= 11 is 1.36. The number of benzene rings is 2. The topological polar surface area (TPSA) is 64.3 Å². The van der Waals surface area contributed by atoms with Crippen LogP contribution in [0.5, 0.6) is 5.75 Å². The van der Waals surface area contributed by atoms with E-state index in [-0.39, 0.29) is 24.5 Å². The Hall–Kier alpha value is -3.03. The minimum atomic E-state index is -0.879. The van der Waals surface area contributed by atoms with Crippen LogP contribution < -0.4 is 10.3 Å². The highest BCUT2D eigenvalue weighted by molar-refractivity contribution is 7.17. The summed E-state index contributed by atoms with van der Waals surface area (Å²) in [5.74, 6) is 0.373. The summed E-state index contributed by atoms with van der Waals surface area (Å²) in [4.78, 5) is 18.0. The van der Waals surface area contributed by atoms with E-state index in [0.717, 1.165) is 16.7 Å². The van der Waals surface area contributed by atoms with Gasteiger partial charge >= 0.3 is 0 Å². The van der Waals surface area contributed by atoms with Gasteiger partial charge in [0.15, 0.2) is 0 Å². The molecule has 0 radical (unpaired) electrons. The molecule has 0 aliphatic rings. The molecular weight excluding hydrogens is 403 g/mol. The Morgan fingerprint density at radius 3 is 2.70 bits per heavy atom. The van der Waals surface area contributed by atoms with Crippen LogP contribution in [0.2, 0.25) is 0 Å². The van der Waals surface area contributed by atoms with Crippen molar-refractivity contribution in [2.24, 2.45) is 0 Å². The third-order valence-electron chi connectivity index (χ3n) is 4.89. The summed E-state index contributed by atoms with van der Waals surface area (Å²) in [7, 11) is 0. The van der Waals surface area contributed by atoms with Gasteiger partial charge in [-0.25, -0.2) is 9.37 Å². The van der Waals surface area contributed by atoms with Gasteiger partial charge in [-0.3, -0.25) is 9.36 Å². The van der Waals surface area contributed by atoms with Crippen molar-refractivity contribution in [3.63, 3.8) is 0 Å². The average molecular weight is 424 g/mol. The van der Waals surface area contributed by atoms with Gasteiger partial charge in [0.05, 0.1) is 18.3 Å². The lowest BCUT2D eigenvalue weighted by atomic mass is 10.1. The largest absolute Gasteiger partial charge is 0.491 e. The number of thiophene rings is 1. The summed E-state index contributed by atoms with van der Waals surface area (Å²) in [5.41, 5.74) is 3.34. The van der Waals surface area contributed by atoms with Gasteiger partial charge in [0.25, 0.3) is 5.56 Å². The van der Waals surface area contributed by atoms with Crippen molar-refractivity contribution in [2.45, 2.75) is 26.5 Å². The number of nitrogens with zero attached hydrogens (tertiary/aromatic N) is 2. The van der Waals surface area contributed by atoms with E-state index < -0.39 is 6.10 Å². The van der Waals surface area contributed by atoms with Crippen LogP contribution in [-0.2, 0) is 6.54 Å². The van der Waals surface area contributed by atoms with Gasteiger partial charge in [-0.1, -0.05) is 29.8 Å². The summed E-state index contributed by atoms with van der Waals surface area (Å²) in [6.45, 7) is 4.07. The van der Waals surface area contributed by atoms with Crippen molar-refractivity contribution in [3.05, 3.63) is 81.5 Å². The molecule has 1 unspecified atom stereocenters. The number of hydrogen-bond donors (Lipinski definition) is 1. The number of aromatic nitrogens is 2. The van der Waals surface area contributed by atoms with Crippen molar-refractivity contribution < 1.29 is 14.2 Å². The zero-order valence-corrected chi connectivity index (χ0v) is 17.4. The lowest BCUT2D eigenvalue weighted by Gasteiger charge is -2.15. The molecule has 0 fully saturated rings. The summed E-state index contributed by atoms with van der Waals surface area (Å²) < 4.78 is 20.4. The molecule has 2 aromatic carbocycles. The van der Waals surface area contributed by atoms with Crippen LogP contribution in [0, 0.1) is 19.7 Å². The monoisotopic (exact) mass is 424 g/mol. The molecule has 0 saturated heterocycles. The van der Waals surface area contributed by atoms with E-state index in [0.29, 0.717) is 21.5 Å². The maximum atomic E-state index is 13.3. The second kappa shape index (κ2) is 8.38. The van der Waals surface area contributed by atoms with Crippen molar-refractivity contribution in [1.82, 2.24) is 9.55 Å². The summed E-state index contributed by atoms with van der Waals surface area (Å²) in [6.07, 6.45) is 0.561. The van der Waals surface area contributed by atoms with Gasteiger partial charge < -0.3 is 9.84 Å². The molecular formula is C23H21FN2O3S. The second-order valence-corrected chi connectivity index (χ2v) is 8.13. The maximum Gasteiger partial charge on any atom is 0.262 e. The molecule has 0 aliphatic carbocycles. The first kappa shape index (κ1) is 20.3. The van der Waals surface area contributed by atoms with Crippen LogP contribution >= 0.6 is 11.3 Å². The number of ether oxygens (including phenoxy) is 1. The lowest BCUT2D eigenvalue weighted by molar-refractivity contribution is 0.0911. The number of aryl methyl sites for hydroxylation is 2. The highest BCUT2D eigenvalue weighted by Crippen LogP contribution is 2.30. The lowest BCUT2D eigenvalue weighted by Crippen LogP contribution is -2.30. The van der Waals surface area contributed by atoms with E-state index in [1.165, 1.54) is 34.4 Å². The maximum absolute atomic E-state index is 13.3. The average Bonchev–Trinajstić information content (AvgIpc) is 3.15. The highest BCUT2D eigenvalue weighted by atomic mass is 32.1. The predicted octanol–water partition coefficient (Wildman–Crippen LogP) is 4.32. The van der Waals surface area contributed by atoms with E-state index in [4.69, 9.17) is 4.74 Å². The van der Waals surface area contributed by atoms with Crippen LogP contribution in [0.3, 0.4) is 0 Å². The van der Waals surface area contributed by atoms with E-state index in [9.17, 15) is 14.3 Å². The second-order valence-electron chi connectivity index (χ2n) is 7.27. The Morgan fingerprint density at radius 2 is 1.97 bits per heavy atom. The van der Waals surface area contributed by atoms with E-state index in [1.54, 1.807) is 12.1 Å². The first-order valence-corrected chi connectivity index (χ1v) is 10.4. The first-order valence-electron chi connectivity index (χ1n) is 9.53. The van der Waals surface area contributed by atoms with Gasteiger partial charge in [0.1, 0.15) is 29.1 Å². The molecule has 0 bridgehead atoms. The van der Waals surface area contributed by atoms with Crippen molar-refractivity contribution in [2.75, 3.05) is 6.61 Å². The zero-order valence-electron chi connectivity index (χ0n) is 16.6. The Morgan fingerprint density at radius 1 is 1.20 bits per heavy atom. The van der Waals surface area contributed by atoms with Crippen LogP contribution in [0.1, 0.15) is 11.1 Å². The van der Waals surface area contributed by atoms with Crippen molar-refractivity contribution in [1.29, 1.82) is 0 Å². The standard InChI is InChI=1S/C23H21FN2O3S/c1-14-3-8-20(15(2)9-14)29-11-18(27)10-26-13-25-22-21(23(26)28)19(12-30-22)16-4-6-17(24)7-5-16/h3-9,12-13,18,27H,10-11H2,1-2H3. The van der Waals surface area contributed by atoms with Crippen LogP contribution in [0.25, 0.3) is 21.3 Å². The fourth-order valence-electron chi connectivity index (χ4n) is 3.37. The van der Waals surface area contributed by atoms with E-state index >= 15 is 0 Å². The quantitative estimate of drug-likeness (QED) is 0.501. The molecule has 154 valence electrons. The van der Waals surface area contributed by atoms with E-state index in [2.05, 4.69) is 4.98 Å². The predicted molar refractivity (Wildman–Crippen MR) is 117 cm³/mol. The normalized spacial score (nSPS) is 12.3. The summed E-state index contributed by atoms with van der Waals surface area (Å²) in [5, 5.41) is 12.7. The number of aliphatic hydroxyl groups is 1. The van der Waals surface area contributed by atoms with Crippen molar-refractivity contribution >= 4 is 21.6 Å². The number of fused-ring (bicyclic) bond motifs is 1. The Labute approximate surface area is 177 Å². The molecule has 4 aromatic rings. The smallest absolute Gasteiger partial charge is 0.262 e. The molecule has 0 aliphatic heterocycles. The van der Waals surface area contributed by atoms with Crippen LogP contribution in [-0.4, -0.2) is 27.4 Å². The Bertz CT molecular complexity index is 1250. The molecule has 0 amide bonds. The van der Waals surface area contributed by atoms with E-state index in [1.807, 2.05) is 37.4 Å². The zero-order chi connectivity index (χ0) is 21.3. The third kappa shape index (κ3) is 4.13. The molecule has 1 N–H and O–H groups in total. The Balaban J connectivity index is 1.55. The molecule has 0 spiro atoms.